The van der Waals surface area contributed by atoms with Crippen LogP contribution >= 0.6 is 0 Å². The van der Waals surface area contributed by atoms with Crippen molar-refractivity contribution in [2.24, 2.45) is 0 Å². The number of ether oxygens (including phenoxy) is 1. The van der Waals surface area contributed by atoms with E-state index in [0.717, 1.165) is 18.2 Å². The van der Waals surface area contributed by atoms with Gasteiger partial charge in [0.25, 0.3) is 17.7 Å². The van der Waals surface area contributed by atoms with Crippen LogP contribution in [0, 0.1) is 11.6 Å². The van der Waals surface area contributed by atoms with Gasteiger partial charge in [-0.1, -0.05) is 6.07 Å². The minimum absolute atomic E-state index is 0.0451. The summed E-state index contributed by atoms with van der Waals surface area (Å²) in [6.07, 6.45) is 0. The fraction of sp³-hybridized carbons (Fsp3) is 0.125. The SMILES string of the molecule is CC(NC(=O)c1ccc(NC(=O)c2cc(F)cc(F)c2)cc1O)c1ccc2c(c1)NC(=O)CO2. The van der Waals surface area contributed by atoms with Crippen molar-refractivity contribution < 1.29 is 33.0 Å². The first-order chi connectivity index (χ1) is 16.2. The van der Waals surface area contributed by atoms with Crippen LogP contribution in [-0.4, -0.2) is 29.4 Å². The summed E-state index contributed by atoms with van der Waals surface area (Å²) in [5.41, 5.74) is 1.04. The molecule has 0 saturated heterocycles. The smallest absolute Gasteiger partial charge is 0.262 e. The molecule has 1 heterocycles. The van der Waals surface area contributed by atoms with Gasteiger partial charge in [-0.05, 0) is 48.9 Å². The number of halogens is 2. The zero-order valence-corrected chi connectivity index (χ0v) is 17.8. The van der Waals surface area contributed by atoms with E-state index in [4.69, 9.17) is 4.74 Å². The van der Waals surface area contributed by atoms with Gasteiger partial charge in [-0.3, -0.25) is 14.4 Å². The van der Waals surface area contributed by atoms with Crippen LogP contribution in [-0.2, 0) is 4.79 Å². The van der Waals surface area contributed by atoms with Crippen LogP contribution in [0.15, 0.2) is 54.6 Å². The second kappa shape index (κ2) is 9.18. The van der Waals surface area contributed by atoms with Crippen molar-refractivity contribution in [2.45, 2.75) is 13.0 Å². The Morgan fingerprint density at radius 1 is 1.03 bits per heavy atom. The lowest BCUT2D eigenvalue weighted by atomic mass is 10.1. The van der Waals surface area contributed by atoms with Crippen LogP contribution in [0.3, 0.4) is 0 Å². The highest BCUT2D eigenvalue weighted by atomic mass is 19.1. The molecule has 0 fully saturated rings. The van der Waals surface area contributed by atoms with E-state index < -0.39 is 35.2 Å². The first kappa shape index (κ1) is 22.7. The number of carbonyl (C=O) groups is 3. The summed E-state index contributed by atoms with van der Waals surface area (Å²) < 4.78 is 32.0. The summed E-state index contributed by atoms with van der Waals surface area (Å²) in [6.45, 7) is 1.67. The predicted octanol–water partition coefficient (Wildman–Crippen LogP) is 3.74. The zero-order chi connectivity index (χ0) is 24.4. The Hall–Kier alpha value is -4.47. The topological polar surface area (TPSA) is 117 Å². The number of aromatic hydroxyl groups is 1. The maximum Gasteiger partial charge on any atom is 0.262 e. The normalized spacial score (nSPS) is 13.2. The Balaban J connectivity index is 1.44. The van der Waals surface area contributed by atoms with E-state index in [1.54, 1.807) is 25.1 Å². The van der Waals surface area contributed by atoms with Gasteiger partial charge < -0.3 is 25.8 Å². The number of hydrogen-bond donors (Lipinski definition) is 4. The minimum Gasteiger partial charge on any atom is -0.507 e. The van der Waals surface area contributed by atoms with Gasteiger partial charge in [0.2, 0.25) is 0 Å². The van der Waals surface area contributed by atoms with Crippen molar-refractivity contribution >= 4 is 29.1 Å². The number of hydrogen-bond acceptors (Lipinski definition) is 5. The number of benzene rings is 3. The zero-order valence-electron chi connectivity index (χ0n) is 17.8. The molecular weight excluding hydrogens is 448 g/mol. The Kier molecular flexibility index (Phi) is 6.13. The molecule has 0 bridgehead atoms. The highest BCUT2D eigenvalue weighted by Gasteiger charge is 2.20. The molecule has 3 aromatic rings. The van der Waals surface area contributed by atoms with Crippen molar-refractivity contribution in [3.05, 3.63) is 82.9 Å². The van der Waals surface area contributed by atoms with Crippen molar-refractivity contribution in [1.82, 2.24) is 5.32 Å². The van der Waals surface area contributed by atoms with Crippen LogP contribution in [0.25, 0.3) is 0 Å². The molecule has 8 nitrogen and oxygen atoms in total. The summed E-state index contributed by atoms with van der Waals surface area (Å²) >= 11 is 0. The molecule has 10 heteroatoms. The second-order valence-corrected chi connectivity index (χ2v) is 7.63. The van der Waals surface area contributed by atoms with E-state index >= 15 is 0 Å². The summed E-state index contributed by atoms with van der Waals surface area (Å²) in [7, 11) is 0. The van der Waals surface area contributed by atoms with Crippen LogP contribution in [0.1, 0.15) is 39.2 Å². The fourth-order valence-electron chi connectivity index (χ4n) is 3.42. The molecule has 1 aliphatic heterocycles. The molecule has 1 aliphatic rings. The van der Waals surface area contributed by atoms with E-state index in [1.807, 2.05) is 0 Å². The number of nitrogens with one attached hydrogen (secondary N) is 3. The third-order valence-corrected chi connectivity index (χ3v) is 5.11. The summed E-state index contributed by atoms with van der Waals surface area (Å²) in [5, 5.41) is 18.2. The van der Waals surface area contributed by atoms with Gasteiger partial charge in [0.1, 0.15) is 23.1 Å². The first-order valence-corrected chi connectivity index (χ1v) is 10.2. The van der Waals surface area contributed by atoms with Crippen molar-refractivity contribution in [3.8, 4) is 11.5 Å². The average molecular weight is 467 g/mol. The van der Waals surface area contributed by atoms with Gasteiger partial charge in [0, 0.05) is 23.4 Å². The number of rotatable bonds is 5. The van der Waals surface area contributed by atoms with E-state index in [9.17, 15) is 28.3 Å². The van der Waals surface area contributed by atoms with Crippen LogP contribution in [0.5, 0.6) is 11.5 Å². The number of amides is 3. The van der Waals surface area contributed by atoms with Gasteiger partial charge in [-0.2, -0.15) is 0 Å². The highest BCUT2D eigenvalue weighted by molar-refractivity contribution is 6.05. The molecule has 1 unspecified atom stereocenters. The van der Waals surface area contributed by atoms with Gasteiger partial charge in [-0.15, -0.1) is 0 Å². The van der Waals surface area contributed by atoms with Gasteiger partial charge >= 0.3 is 0 Å². The van der Waals surface area contributed by atoms with Gasteiger partial charge in [-0.25, -0.2) is 8.78 Å². The Labute approximate surface area is 192 Å². The molecule has 3 aromatic carbocycles. The Morgan fingerprint density at radius 2 is 1.76 bits per heavy atom. The van der Waals surface area contributed by atoms with Crippen molar-refractivity contribution in [1.29, 1.82) is 0 Å². The lowest BCUT2D eigenvalue weighted by molar-refractivity contribution is -0.118. The standard InChI is InChI=1S/C24H19F2N3O5/c1-12(13-2-5-21-19(8-13)29-22(31)11-34-21)27-24(33)18-4-3-17(10-20(18)30)28-23(32)14-6-15(25)9-16(26)7-14/h2-10,12,30H,11H2,1H3,(H,27,33)(H,28,32)(H,29,31). The molecule has 3 amide bonds. The lowest BCUT2D eigenvalue weighted by Gasteiger charge is -2.21. The number of fused-ring (bicyclic) bond motifs is 1. The average Bonchev–Trinajstić information content (AvgIpc) is 2.77. The van der Waals surface area contributed by atoms with Crippen LogP contribution < -0.4 is 20.7 Å². The van der Waals surface area contributed by atoms with E-state index in [0.29, 0.717) is 23.1 Å². The van der Waals surface area contributed by atoms with Crippen molar-refractivity contribution in [3.63, 3.8) is 0 Å². The molecule has 34 heavy (non-hydrogen) atoms. The maximum atomic E-state index is 13.3. The van der Waals surface area contributed by atoms with Crippen molar-refractivity contribution in [2.75, 3.05) is 17.2 Å². The maximum absolute atomic E-state index is 13.3. The van der Waals surface area contributed by atoms with Crippen LogP contribution in [0.4, 0.5) is 20.2 Å². The number of anilines is 2. The largest absolute Gasteiger partial charge is 0.507 e. The molecule has 174 valence electrons. The van der Waals surface area contributed by atoms with E-state index in [2.05, 4.69) is 16.0 Å². The number of phenols is 1. The summed E-state index contributed by atoms with van der Waals surface area (Å²) in [4.78, 5) is 36.4. The molecular formula is C24H19F2N3O5. The van der Waals surface area contributed by atoms with E-state index in [1.165, 1.54) is 12.1 Å². The Morgan fingerprint density at radius 3 is 2.47 bits per heavy atom. The molecule has 0 aromatic heterocycles. The summed E-state index contributed by atoms with van der Waals surface area (Å²) in [5.74, 6) is -3.32. The molecule has 0 radical (unpaired) electrons. The van der Waals surface area contributed by atoms with E-state index in [-0.39, 0.29) is 29.3 Å². The summed E-state index contributed by atoms with van der Waals surface area (Å²) in [6, 6.07) is 10.9. The number of carbonyl (C=O) groups excluding carboxylic acids is 3. The minimum atomic E-state index is -0.900. The number of phenolic OH excluding ortho intramolecular Hbond substituents is 1. The molecule has 0 aliphatic carbocycles. The van der Waals surface area contributed by atoms with Gasteiger partial charge in [0.15, 0.2) is 6.61 Å². The first-order valence-electron chi connectivity index (χ1n) is 10.2. The third kappa shape index (κ3) is 4.96. The molecule has 0 spiro atoms. The van der Waals surface area contributed by atoms with Crippen LogP contribution in [0.2, 0.25) is 0 Å². The molecule has 4 N–H and O–H groups in total. The molecule has 0 saturated carbocycles. The lowest BCUT2D eigenvalue weighted by Crippen LogP contribution is -2.28. The monoisotopic (exact) mass is 467 g/mol. The fourth-order valence-corrected chi connectivity index (χ4v) is 3.42. The molecule has 4 rings (SSSR count). The third-order valence-electron chi connectivity index (χ3n) is 5.11. The molecule has 1 atom stereocenters. The highest BCUT2D eigenvalue weighted by Crippen LogP contribution is 2.31. The second-order valence-electron chi connectivity index (χ2n) is 7.63. The quantitative estimate of drug-likeness (QED) is 0.456. The van der Waals surface area contributed by atoms with Gasteiger partial charge in [0.05, 0.1) is 17.3 Å². The predicted molar refractivity (Wildman–Crippen MR) is 119 cm³/mol. The Bertz CT molecular complexity index is 1290.